The third-order valence-corrected chi connectivity index (χ3v) is 10.0. The highest BCUT2D eigenvalue weighted by Gasteiger charge is 2.29. The second-order valence-corrected chi connectivity index (χ2v) is 14.2. The number of aromatic nitrogens is 2. The Kier molecular flexibility index (Phi) is 10.3. The van der Waals surface area contributed by atoms with Crippen molar-refractivity contribution in [2.45, 2.75) is 17.6 Å². The van der Waals surface area contributed by atoms with Gasteiger partial charge in [0.2, 0.25) is 5.88 Å². The van der Waals surface area contributed by atoms with Crippen molar-refractivity contribution in [3.8, 4) is 23.1 Å². The Balaban J connectivity index is 1.05. The molecule has 0 bridgehead atoms. The number of carbonyl (C=O) groups excluding carboxylic acids is 1. The molecule has 0 spiro atoms. The van der Waals surface area contributed by atoms with Gasteiger partial charge in [-0.3, -0.25) is 14.4 Å². The quantitative estimate of drug-likeness (QED) is 0.155. The van der Waals surface area contributed by atoms with Gasteiger partial charge in [0.1, 0.15) is 22.1 Å². The number of phenolic OH excluding ortho intramolecular Hbond substituents is 1. The molecule has 2 aromatic heterocycles. The number of sulfonamides is 1. The van der Waals surface area contributed by atoms with Gasteiger partial charge >= 0.3 is 6.18 Å². The van der Waals surface area contributed by atoms with Crippen molar-refractivity contribution in [2.24, 2.45) is 7.05 Å². The minimum Gasteiger partial charge on any atom is -0.505 e. The molecule has 6 rings (SSSR count). The van der Waals surface area contributed by atoms with Gasteiger partial charge in [-0.2, -0.15) is 13.2 Å². The van der Waals surface area contributed by atoms with E-state index in [4.69, 9.17) is 32.7 Å². The number of phenols is 1. The number of anilines is 1. The fraction of sp³-hybridized carbons (Fsp3) is 0.235. The third kappa shape index (κ3) is 8.61. The van der Waals surface area contributed by atoms with Crippen molar-refractivity contribution in [1.82, 2.24) is 19.4 Å². The van der Waals surface area contributed by atoms with Crippen molar-refractivity contribution in [3.63, 3.8) is 0 Å². The van der Waals surface area contributed by atoms with Crippen molar-refractivity contribution in [1.29, 1.82) is 0 Å². The van der Waals surface area contributed by atoms with Gasteiger partial charge in [0.05, 0.1) is 22.4 Å². The lowest BCUT2D eigenvalue weighted by atomic mass is 10.2. The molecular formula is C34H30Cl2F3N5O6S. The summed E-state index contributed by atoms with van der Waals surface area (Å²) < 4.78 is 77.7. The summed E-state index contributed by atoms with van der Waals surface area (Å²) in [4.78, 5) is 21.2. The number of halogens is 5. The summed E-state index contributed by atoms with van der Waals surface area (Å²) in [6.45, 7) is 1.53. The Morgan fingerprint density at radius 3 is 2.33 bits per heavy atom. The number of aromatic hydroxyl groups is 1. The molecule has 5 aromatic rings. The van der Waals surface area contributed by atoms with Gasteiger partial charge < -0.3 is 24.0 Å². The molecule has 51 heavy (non-hydrogen) atoms. The van der Waals surface area contributed by atoms with Crippen LogP contribution < -0.4 is 14.2 Å². The highest BCUT2D eigenvalue weighted by molar-refractivity contribution is 7.92. The van der Waals surface area contributed by atoms with E-state index < -0.39 is 33.5 Å². The van der Waals surface area contributed by atoms with Crippen LogP contribution in [0.3, 0.4) is 0 Å². The lowest BCUT2D eigenvalue weighted by molar-refractivity contribution is -0.153. The van der Waals surface area contributed by atoms with Crippen LogP contribution in [-0.2, 0) is 23.6 Å². The number of rotatable bonds is 10. The van der Waals surface area contributed by atoms with Gasteiger partial charge in [0.25, 0.3) is 15.9 Å². The van der Waals surface area contributed by atoms with E-state index in [-0.39, 0.29) is 33.3 Å². The number of ether oxygens (including phenoxy) is 2. The maximum Gasteiger partial charge on any atom is 0.422 e. The van der Waals surface area contributed by atoms with Crippen LogP contribution in [0.1, 0.15) is 16.1 Å². The Morgan fingerprint density at radius 2 is 1.67 bits per heavy atom. The maximum atomic E-state index is 13.5. The summed E-state index contributed by atoms with van der Waals surface area (Å²) in [6.07, 6.45) is -3.15. The lowest BCUT2D eigenvalue weighted by Gasteiger charge is -2.34. The number of nitrogens with zero attached hydrogens (tertiary/aromatic N) is 4. The molecule has 0 radical (unpaired) electrons. The van der Waals surface area contributed by atoms with Crippen LogP contribution in [0.2, 0.25) is 10.0 Å². The molecule has 3 aromatic carbocycles. The fourth-order valence-electron chi connectivity index (χ4n) is 5.54. The van der Waals surface area contributed by atoms with Crippen molar-refractivity contribution in [3.05, 3.63) is 100 Å². The van der Waals surface area contributed by atoms with Gasteiger partial charge in [0, 0.05) is 62.3 Å². The molecular weight excluding hydrogens is 734 g/mol. The third-order valence-electron chi connectivity index (χ3n) is 8.12. The summed E-state index contributed by atoms with van der Waals surface area (Å²) in [6, 6.07) is 18.9. The second kappa shape index (κ2) is 14.5. The molecule has 0 atom stereocenters. The number of piperazine rings is 1. The number of nitrogens with one attached hydrogen (secondary N) is 1. The van der Waals surface area contributed by atoms with Gasteiger partial charge in [0.15, 0.2) is 12.4 Å². The predicted octanol–water partition coefficient (Wildman–Crippen LogP) is 7.08. The number of alkyl halides is 3. The number of benzene rings is 3. The molecule has 17 heteroatoms. The molecule has 11 nitrogen and oxygen atoms in total. The largest absolute Gasteiger partial charge is 0.505 e. The van der Waals surface area contributed by atoms with Crippen LogP contribution >= 0.6 is 23.2 Å². The van der Waals surface area contributed by atoms with E-state index in [1.165, 1.54) is 36.5 Å². The van der Waals surface area contributed by atoms with Crippen LogP contribution in [0.15, 0.2) is 83.9 Å². The maximum absolute atomic E-state index is 13.5. The summed E-state index contributed by atoms with van der Waals surface area (Å²) in [7, 11) is -2.45. The zero-order valence-electron chi connectivity index (χ0n) is 26.8. The van der Waals surface area contributed by atoms with Crippen molar-refractivity contribution in [2.75, 3.05) is 37.5 Å². The first-order valence-corrected chi connectivity index (χ1v) is 17.6. The molecule has 1 aliphatic heterocycles. The molecule has 1 amide bonds. The van der Waals surface area contributed by atoms with Gasteiger partial charge in [-0.05, 0) is 54.1 Å². The molecule has 1 aliphatic rings. The Labute approximate surface area is 300 Å². The molecule has 1 saturated heterocycles. The topological polar surface area (TPSA) is 126 Å². The lowest BCUT2D eigenvalue weighted by Crippen LogP contribution is -2.48. The first-order valence-electron chi connectivity index (χ1n) is 15.4. The van der Waals surface area contributed by atoms with Gasteiger partial charge in [-0.15, -0.1) is 0 Å². The van der Waals surface area contributed by atoms with Crippen LogP contribution in [0.4, 0.5) is 18.9 Å². The zero-order chi connectivity index (χ0) is 36.5. The minimum atomic E-state index is -4.40. The highest BCUT2D eigenvalue weighted by Crippen LogP contribution is 2.35. The molecule has 0 saturated carbocycles. The summed E-state index contributed by atoms with van der Waals surface area (Å²) in [5.41, 5.74) is 2.29. The molecule has 0 aliphatic carbocycles. The van der Waals surface area contributed by atoms with Gasteiger partial charge in [-0.1, -0.05) is 35.3 Å². The van der Waals surface area contributed by atoms with Crippen molar-refractivity contribution >= 4 is 55.7 Å². The summed E-state index contributed by atoms with van der Waals surface area (Å²) in [5, 5.41) is 10.8. The molecule has 0 unspecified atom stereocenters. The number of pyridine rings is 1. The Hall–Kier alpha value is -4.70. The van der Waals surface area contributed by atoms with Crippen LogP contribution in [0.25, 0.3) is 10.9 Å². The van der Waals surface area contributed by atoms with E-state index in [0.29, 0.717) is 44.2 Å². The summed E-state index contributed by atoms with van der Waals surface area (Å²) in [5.74, 6) is 0.0239. The van der Waals surface area contributed by atoms with E-state index >= 15 is 0 Å². The molecule has 2 N–H and O–H groups in total. The number of amides is 1. The van der Waals surface area contributed by atoms with Crippen LogP contribution in [0.5, 0.6) is 23.1 Å². The zero-order valence-corrected chi connectivity index (χ0v) is 29.2. The average Bonchev–Trinajstić information content (AvgIpc) is 3.41. The Morgan fingerprint density at radius 1 is 0.961 bits per heavy atom. The monoisotopic (exact) mass is 763 g/mol. The van der Waals surface area contributed by atoms with E-state index in [0.717, 1.165) is 22.5 Å². The Bertz CT molecular complexity index is 2170. The number of aryl methyl sites for hydroxylation is 1. The minimum absolute atomic E-state index is 0.0353. The van der Waals surface area contributed by atoms with Gasteiger partial charge in [-0.25, -0.2) is 13.4 Å². The van der Waals surface area contributed by atoms with E-state index in [2.05, 4.69) is 14.6 Å². The smallest absolute Gasteiger partial charge is 0.422 e. The molecule has 268 valence electrons. The summed E-state index contributed by atoms with van der Waals surface area (Å²) >= 11 is 11.8. The van der Waals surface area contributed by atoms with Crippen LogP contribution in [0, 0.1) is 0 Å². The van der Waals surface area contributed by atoms with E-state index in [9.17, 15) is 31.5 Å². The number of hydrogen-bond donors (Lipinski definition) is 2. The molecule has 1 fully saturated rings. The average molecular weight is 765 g/mol. The number of fused-ring (bicyclic) bond motifs is 1. The highest BCUT2D eigenvalue weighted by atomic mass is 35.5. The second-order valence-electron chi connectivity index (χ2n) is 11.8. The van der Waals surface area contributed by atoms with E-state index in [1.54, 1.807) is 40.8 Å². The fourth-order valence-corrected chi connectivity index (χ4v) is 7.35. The normalized spacial score (nSPS) is 14.1. The number of carbonyl (C=O) groups is 1. The molecule has 3 heterocycles. The van der Waals surface area contributed by atoms with Crippen molar-refractivity contribution < 1.29 is 41.0 Å². The number of hydrogen-bond acceptors (Lipinski definition) is 8. The van der Waals surface area contributed by atoms with Crippen LogP contribution in [-0.4, -0.2) is 77.7 Å². The van der Waals surface area contributed by atoms with E-state index in [1.807, 2.05) is 12.1 Å². The first-order chi connectivity index (χ1) is 24.1. The first kappa shape index (κ1) is 36.1. The standard InChI is InChI=1S/C34H30Cl2F3N5O6S/c1-42-28-17-26(50-31-9-5-24(18-40-31)41-51(47,48)30-16-23(35)15-27(36)32(30)45)8-4-22(28)14-29(42)33(46)44-12-10-43(11-13-44)19-21-2-6-25(7-3-21)49-20-34(37,38)39/h2-9,14-18,41,45H,10-13,19-20H2,1H3. The predicted molar refractivity (Wildman–Crippen MR) is 185 cm³/mol. The SMILES string of the molecule is Cn1c(C(=O)N2CCN(Cc3ccc(OCC(F)(F)F)cc3)CC2)cc2ccc(Oc3ccc(NS(=O)(=O)c4cc(Cl)cc(Cl)c4O)cn3)cc21.